The summed E-state index contributed by atoms with van der Waals surface area (Å²) in [5.74, 6) is 0. The van der Waals surface area contributed by atoms with Crippen molar-refractivity contribution in [3.05, 3.63) is 58.9 Å². The van der Waals surface area contributed by atoms with E-state index in [0.717, 1.165) is 18.0 Å². The molecule has 0 saturated heterocycles. The van der Waals surface area contributed by atoms with Crippen LogP contribution in [0.2, 0.25) is 5.02 Å². The Balaban J connectivity index is 1.99. The van der Waals surface area contributed by atoms with Crippen LogP contribution in [0.5, 0.6) is 0 Å². The lowest BCUT2D eigenvalue weighted by atomic mass is 10.0. The highest BCUT2D eigenvalue weighted by molar-refractivity contribution is 6.30. The number of rotatable bonds is 5. The van der Waals surface area contributed by atoms with Gasteiger partial charge in [-0.05, 0) is 36.2 Å². The smallest absolute Gasteiger partial charge is 0.0406 e. The summed E-state index contributed by atoms with van der Waals surface area (Å²) >= 11 is 5.89. The quantitative estimate of drug-likeness (QED) is 0.825. The first-order chi connectivity index (χ1) is 8.29. The van der Waals surface area contributed by atoms with Crippen LogP contribution in [0.4, 0.5) is 0 Å². The fourth-order valence-corrected chi connectivity index (χ4v) is 2.03. The molecular weight excluding hydrogens is 232 g/mol. The van der Waals surface area contributed by atoms with Gasteiger partial charge in [-0.2, -0.15) is 0 Å². The highest BCUT2D eigenvalue weighted by Crippen LogP contribution is 2.19. The predicted molar refractivity (Wildman–Crippen MR) is 72.1 cm³/mol. The van der Waals surface area contributed by atoms with Crippen molar-refractivity contribution in [3.63, 3.8) is 0 Å². The standard InChI is InChI=1S/C14H17ClN2/c1-2-14(11-5-7-12(15)8-6-11)17-10-13-4-3-9-16-13/h3-9,14,16-17H,2,10H2,1H3. The second kappa shape index (κ2) is 5.89. The van der Waals surface area contributed by atoms with Crippen molar-refractivity contribution in [2.45, 2.75) is 25.9 Å². The first-order valence-electron chi connectivity index (χ1n) is 5.90. The molecule has 1 aromatic carbocycles. The van der Waals surface area contributed by atoms with Crippen LogP contribution >= 0.6 is 11.6 Å². The van der Waals surface area contributed by atoms with Gasteiger partial charge in [0.1, 0.15) is 0 Å². The average Bonchev–Trinajstić information content (AvgIpc) is 2.85. The summed E-state index contributed by atoms with van der Waals surface area (Å²) in [6, 6.07) is 12.5. The van der Waals surface area contributed by atoms with Crippen molar-refractivity contribution in [2.75, 3.05) is 0 Å². The molecular formula is C14H17ClN2. The summed E-state index contributed by atoms with van der Waals surface area (Å²) in [7, 11) is 0. The van der Waals surface area contributed by atoms with Gasteiger partial charge in [-0.3, -0.25) is 0 Å². The Bertz CT molecular complexity index is 434. The Kier molecular flexibility index (Phi) is 4.24. The molecule has 0 aliphatic carbocycles. The Hall–Kier alpha value is -1.25. The van der Waals surface area contributed by atoms with Gasteiger partial charge in [0.25, 0.3) is 0 Å². The summed E-state index contributed by atoms with van der Waals surface area (Å²) in [5, 5.41) is 4.32. The third-order valence-corrected chi connectivity index (χ3v) is 3.13. The maximum atomic E-state index is 5.89. The lowest BCUT2D eigenvalue weighted by molar-refractivity contribution is 0.515. The fourth-order valence-electron chi connectivity index (χ4n) is 1.90. The van der Waals surface area contributed by atoms with Gasteiger partial charge in [0.05, 0.1) is 0 Å². The van der Waals surface area contributed by atoms with E-state index in [1.807, 2.05) is 24.4 Å². The van der Waals surface area contributed by atoms with Crippen LogP contribution in [-0.4, -0.2) is 4.98 Å². The van der Waals surface area contributed by atoms with E-state index in [-0.39, 0.29) is 0 Å². The average molecular weight is 249 g/mol. The normalized spacial score (nSPS) is 12.6. The number of hydrogen-bond acceptors (Lipinski definition) is 1. The molecule has 0 amide bonds. The Labute approximate surface area is 107 Å². The van der Waals surface area contributed by atoms with E-state index in [1.54, 1.807) is 0 Å². The number of benzene rings is 1. The number of aromatic amines is 1. The maximum Gasteiger partial charge on any atom is 0.0406 e. The molecule has 0 aliphatic rings. The van der Waals surface area contributed by atoms with Crippen molar-refractivity contribution in [2.24, 2.45) is 0 Å². The first-order valence-corrected chi connectivity index (χ1v) is 6.28. The number of aromatic nitrogens is 1. The van der Waals surface area contributed by atoms with E-state index in [9.17, 15) is 0 Å². The molecule has 0 radical (unpaired) electrons. The second-order valence-electron chi connectivity index (χ2n) is 4.09. The Morgan fingerprint density at radius 1 is 1.24 bits per heavy atom. The first kappa shape index (κ1) is 12.2. The van der Waals surface area contributed by atoms with Gasteiger partial charge >= 0.3 is 0 Å². The van der Waals surface area contributed by atoms with E-state index in [1.165, 1.54) is 11.3 Å². The highest BCUT2D eigenvalue weighted by atomic mass is 35.5. The van der Waals surface area contributed by atoms with Gasteiger partial charge < -0.3 is 10.3 Å². The molecule has 3 heteroatoms. The minimum absolute atomic E-state index is 0.371. The number of H-pyrrole nitrogens is 1. The predicted octanol–water partition coefficient (Wildman–Crippen LogP) is 3.91. The topological polar surface area (TPSA) is 27.8 Å². The molecule has 1 atom stereocenters. The summed E-state index contributed by atoms with van der Waals surface area (Å²) in [5.41, 5.74) is 2.49. The highest BCUT2D eigenvalue weighted by Gasteiger charge is 2.08. The Morgan fingerprint density at radius 2 is 2.00 bits per heavy atom. The molecule has 0 saturated carbocycles. The zero-order valence-electron chi connectivity index (χ0n) is 9.91. The third-order valence-electron chi connectivity index (χ3n) is 2.88. The largest absolute Gasteiger partial charge is 0.364 e. The van der Waals surface area contributed by atoms with E-state index < -0.39 is 0 Å². The Morgan fingerprint density at radius 3 is 2.59 bits per heavy atom. The molecule has 1 aromatic heterocycles. The molecule has 90 valence electrons. The zero-order valence-corrected chi connectivity index (χ0v) is 10.7. The molecule has 0 spiro atoms. The number of hydrogen-bond donors (Lipinski definition) is 2. The van der Waals surface area contributed by atoms with Crippen molar-refractivity contribution in [3.8, 4) is 0 Å². The van der Waals surface area contributed by atoms with Crippen molar-refractivity contribution in [1.29, 1.82) is 0 Å². The summed E-state index contributed by atoms with van der Waals surface area (Å²) in [4.78, 5) is 3.19. The lowest BCUT2D eigenvalue weighted by Gasteiger charge is -2.17. The summed E-state index contributed by atoms with van der Waals surface area (Å²) < 4.78 is 0. The molecule has 17 heavy (non-hydrogen) atoms. The van der Waals surface area contributed by atoms with Gasteiger partial charge in [0.15, 0.2) is 0 Å². The molecule has 2 N–H and O–H groups in total. The monoisotopic (exact) mass is 248 g/mol. The molecule has 0 fully saturated rings. The van der Waals surface area contributed by atoms with Gasteiger partial charge in [0, 0.05) is 29.5 Å². The fraction of sp³-hybridized carbons (Fsp3) is 0.286. The molecule has 2 rings (SSSR count). The van der Waals surface area contributed by atoms with Crippen LogP contribution in [0, 0.1) is 0 Å². The van der Waals surface area contributed by atoms with Crippen molar-refractivity contribution < 1.29 is 0 Å². The van der Waals surface area contributed by atoms with E-state index in [2.05, 4.69) is 35.4 Å². The summed E-state index contributed by atoms with van der Waals surface area (Å²) in [6.45, 7) is 3.04. The number of halogens is 1. The van der Waals surface area contributed by atoms with Crippen molar-refractivity contribution in [1.82, 2.24) is 10.3 Å². The van der Waals surface area contributed by atoms with Crippen LogP contribution in [-0.2, 0) is 6.54 Å². The van der Waals surface area contributed by atoms with Gasteiger partial charge in [-0.15, -0.1) is 0 Å². The van der Waals surface area contributed by atoms with Crippen LogP contribution in [0.1, 0.15) is 30.6 Å². The van der Waals surface area contributed by atoms with Gasteiger partial charge in [-0.1, -0.05) is 30.7 Å². The summed E-state index contributed by atoms with van der Waals surface area (Å²) in [6.07, 6.45) is 3.00. The van der Waals surface area contributed by atoms with E-state index >= 15 is 0 Å². The lowest BCUT2D eigenvalue weighted by Crippen LogP contribution is -2.20. The van der Waals surface area contributed by atoms with E-state index in [0.29, 0.717) is 6.04 Å². The second-order valence-corrected chi connectivity index (χ2v) is 4.53. The van der Waals surface area contributed by atoms with Crippen LogP contribution in [0.15, 0.2) is 42.6 Å². The number of nitrogens with one attached hydrogen (secondary N) is 2. The molecule has 0 aliphatic heterocycles. The SMILES string of the molecule is CCC(NCc1ccc[nH]1)c1ccc(Cl)cc1. The van der Waals surface area contributed by atoms with Crippen LogP contribution < -0.4 is 5.32 Å². The maximum absolute atomic E-state index is 5.89. The molecule has 1 unspecified atom stereocenters. The van der Waals surface area contributed by atoms with E-state index in [4.69, 9.17) is 11.6 Å². The third kappa shape index (κ3) is 3.35. The molecule has 0 bridgehead atoms. The minimum atomic E-state index is 0.371. The van der Waals surface area contributed by atoms with Crippen molar-refractivity contribution >= 4 is 11.6 Å². The van der Waals surface area contributed by atoms with Crippen LogP contribution in [0.25, 0.3) is 0 Å². The zero-order chi connectivity index (χ0) is 12.1. The molecule has 2 nitrogen and oxygen atoms in total. The molecule has 1 heterocycles. The minimum Gasteiger partial charge on any atom is -0.364 e. The van der Waals surface area contributed by atoms with Gasteiger partial charge in [0.2, 0.25) is 0 Å². The molecule has 2 aromatic rings. The van der Waals surface area contributed by atoms with Crippen LogP contribution in [0.3, 0.4) is 0 Å². The van der Waals surface area contributed by atoms with Gasteiger partial charge in [-0.25, -0.2) is 0 Å².